The number of rotatable bonds is 9. The lowest BCUT2D eigenvalue weighted by atomic mass is 10.0. The molecule has 0 aliphatic carbocycles. The molecule has 0 aromatic heterocycles. The van der Waals surface area contributed by atoms with Gasteiger partial charge in [-0.15, -0.1) is 0 Å². The molecule has 0 fully saturated rings. The van der Waals surface area contributed by atoms with E-state index in [9.17, 15) is 14.7 Å². The molecule has 0 aliphatic rings. The Kier molecular flexibility index (Phi) is 8.85. The number of hydrogen-bond donors (Lipinski definition) is 3. The zero-order chi connectivity index (χ0) is 19.6. The quantitative estimate of drug-likeness (QED) is 0.462. The number of benzene rings is 1. The Bertz CT molecular complexity index is 592. The predicted octanol–water partition coefficient (Wildman–Crippen LogP) is 3.29. The fourth-order valence-electron chi connectivity index (χ4n) is 2.33. The molecule has 0 spiro atoms. The summed E-state index contributed by atoms with van der Waals surface area (Å²) in [5.74, 6) is -0.840. The van der Waals surface area contributed by atoms with Gasteiger partial charge in [-0.2, -0.15) is 0 Å². The molecule has 0 saturated carbocycles. The number of aliphatic carboxylic acids is 1. The first-order chi connectivity index (χ1) is 12.2. The van der Waals surface area contributed by atoms with Crippen LogP contribution in [0.15, 0.2) is 42.5 Å². The number of aliphatic hydroxyl groups excluding tert-OH is 1. The minimum atomic E-state index is -0.910. The van der Waals surface area contributed by atoms with Crippen molar-refractivity contribution >= 4 is 12.1 Å². The van der Waals surface area contributed by atoms with Crippen molar-refractivity contribution in [3.05, 3.63) is 48.0 Å². The summed E-state index contributed by atoms with van der Waals surface area (Å²) < 4.78 is 5.27. The number of amides is 1. The number of unbranched alkanes of at least 4 members (excludes halogenated alkanes) is 1. The zero-order valence-electron chi connectivity index (χ0n) is 15.6. The van der Waals surface area contributed by atoms with Crippen molar-refractivity contribution in [3.63, 3.8) is 0 Å². The lowest BCUT2D eigenvalue weighted by Crippen LogP contribution is -2.46. The Morgan fingerprint density at radius 2 is 1.88 bits per heavy atom. The monoisotopic (exact) mass is 363 g/mol. The van der Waals surface area contributed by atoms with E-state index in [4.69, 9.17) is 9.84 Å². The van der Waals surface area contributed by atoms with Gasteiger partial charge in [0.2, 0.25) is 0 Å². The molecule has 0 radical (unpaired) electrons. The molecule has 144 valence electrons. The standard InChI is InChI=1S/C20H29NO5/c1-20(2,3)26-19(25)21-16(14-15-10-6-4-7-11-15)17(22)12-8-5-9-13-18(23)24/h4,6-8,10-12,16-17,22H,5,9,13-14H2,1-3H3,(H,21,25)(H,23,24)/t16-,17+/m0/s1. The molecule has 0 bridgehead atoms. The molecular weight excluding hydrogens is 334 g/mol. The number of hydrogen-bond acceptors (Lipinski definition) is 4. The van der Waals surface area contributed by atoms with E-state index in [2.05, 4.69) is 5.32 Å². The second-order valence-corrected chi connectivity index (χ2v) is 7.15. The van der Waals surface area contributed by atoms with Crippen LogP contribution >= 0.6 is 0 Å². The average Bonchev–Trinajstić information content (AvgIpc) is 2.52. The molecule has 0 heterocycles. The largest absolute Gasteiger partial charge is 0.481 e. The molecule has 1 aromatic rings. The van der Waals surface area contributed by atoms with Gasteiger partial charge in [0.15, 0.2) is 0 Å². The highest BCUT2D eigenvalue weighted by atomic mass is 16.6. The molecule has 0 saturated heterocycles. The first kappa shape index (κ1) is 21.7. The highest BCUT2D eigenvalue weighted by Crippen LogP contribution is 2.11. The maximum Gasteiger partial charge on any atom is 0.407 e. The van der Waals surface area contributed by atoms with Gasteiger partial charge in [0, 0.05) is 6.42 Å². The smallest absolute Gasteiger partial charge is 0.407 e. The normalized spacial score (nSPS) is 14.0. The van der Waals surface area contributed by atoms with E-state index >= 15 is 0 Å². The minimum Gasteiger partial charge on any atom is -0.481 e. The van der Waals surface area contributed by atoms with Crippen molar-refractivity contribution < 1.29 is 24.5 Å². The van der Waals surface area contributed by atoms with Crippen molar-refractivity contribution in [2.24, 2.45) is 0 Å². The molecule has 6 heteroatoms. The van der Waals surface area contributed by atoms with E-state index in [1.54, 1.807) is 32.9 Å². The van der Waals surface area contributed by atoms with Crippen LogP contribution in [0.1, 0.15) is 45.6 Å². The topological polar surface area (TPSA) is 95.9 Å². The molecular formula is C20H29NO5. The highest BCUT2D eigenvalue weighted by molar-refractivity contribution is 5.68. The third kappa shape index (κ3) is 9.84. The lowest BCUT2D eigenvalue weighted by Gasteiger charge is -2.25. The number of nitrogens with one attached hydrogen (secondary N) is 1. The Labute approximate surface area is 154 Å². The van der Waals surface area contributed by atoms with Gasteiger partial charge in [0.1, 0.15) is 5.60 Å². The van der Waals surface area contributed by atoms with Gasteiger partial charge in [-0.25, -0.2) is 4.79 Å². The Morgan fingerprint density at radius 1 is 1.23 bits per heavy atom. The molecule has 2 atom stereocenters. The lowest BCUT2D eigenvalue weighted by molar-refractivity contribution is -0.137. The van der Waals surface area contributed by atoms with E-state index in [0.29, 0.717) is 19.3 Å². The van der Waals surface area contributed by atoms with Gasteiger partial charge < -0.3 is 20.3 Å². The van der Waals surface area contributed by atoms with Crippen LogP contribution in [-0.2, 0) is 16.0 Å². The van der Waals surface area contributed by atoms with Crippen molar-refractivity contribution in [3.8, 4) is 0 Å². The summed E-state index contributed by atoms with van der Waals surface area (Å²) in [5, 5.41) is 21.8. The molecule has 6 nitrogen and oxygen atoms in total. The average molecular weight is 363 g/mol. The Balaban J connectivity index is 2.70. The third-order valence-corrected chi connectivity index (χ3v) is 3.51. The maximum atomic E-state index is 12.1. The number of allylic oxidation sites excluding steroid dienone is 1. The van der Waals surface area contributed by atoms with Crippen LogP contribution in [0.5, 0.6) is 0 Å². The maximum absolute atomic E-state index is 12.1. The number of carbonyl (C=O) groups is 2. The number of carbonyl (C=O) groups excluding carboxylic acids is 1. The van der Waals surface area contributed by atoms with Gasteiger partial charge in [-0.3, -0.25) is 4.79 Å². The summed E-state index contributed by atoms with van der Waals surface area (Å²) in [7, 11) is 0. The van der Waals surface area contributed by atoms with Crippen LogP contribution in [0.4, 0.5) is 4.79 Å². The van der Waals surface area contributed by atoms with Gasteiger partial charge >= 0.3 is 12.1 Å². The number of carboxylic acid groups (broad SMARTS) is 1. The number of alkyl carbamates (subject to hydrolysis) is 1. The molecule has 3 N–H and O–H groups in total. The molecule has 0 unspecified atom stereocenters. The third-order valence-electron chi connectivity index (χ3n) is 3.51. The van der Waals surface area contributed by atoms with E-state index in [-0.39, 0.29) is 6.42 Å². The molecule has 26 heavy (non-hydrogen) atoms. The van der Waals surface area contributed by atoms with E-state index in [0.717, 1.165) is 5.56 Å². The second-order valence-electron chi connectivity index (χ2n) is 7.15. The Hall–Kier alpha value is -2.34. The van der Waals surface area contributed by atoms with Crippen molar-refractivity contribution in [1.82, 2.24) is 5.32 Å². The van der Waals surface area contributed by atoms with Crippen LogP contribution in [0, 0.1) is 0 Å². The van der Waals surface area contributed by atoms with Gasteiger partial charge in [0.05, 0.1) is 12.1 Å². The SMILES string of the molecule is CC(C)(C)OC(=O)N[C@@H](Cc1ccccc1)[C@H](O)C=CCCCC(=O)O. The summed E-state index contributed by atoms with van der Waals surface area (Å²) >= 11 is 0. The summed E-state index contributed by atoms with van der Waals surface area (Å²) in [6.45, 7) is 5.33. The van der Waals surface area contributed by atoms with E-state index < -0.39 is 29.8 Å². The van der Waals surface area contributed by atoms with Crippen LogP contribution in [0.25, 0.3) is 0 Å². The van der Waals surface area contributed by atoms with Gasteiger partial charge in [0.25, 0.3) is 0 Å². The fourth-order valence-corrected chi connectivity index (χ4v) is 2.33. The summed E-state index contributed by atoms with van der Waals surface area (Å²) in [6, 6.07) is 8.99. The summed E-state index contributed by atoms with van der Waals surface area (Å²) in [5.41, 5.74) is 0.353. The second kappa shape index (κ2) is 10.6. The molecule has 1 aromatic carbocycles. The van der Waals surface area contributed by atoms with Crippen LogP contribution in [-0.4, -0.2) is 40.0 Å². The zero-order valence-corrected chi connectivity index (χ0v) is 15.6. The van der Waals surface area contributed by atoms with Gasteiger partial charge in [-0.1, -0.05) is 42.5 Å². The molecule has 1 amide bonds. The number of ether oxygens (including phenoxy) is 1. The van der Waals surface area contributed by atoms with Crippen molar-refractivity contribution in [2.45, 2.75) is 64.2 Å². The van der Waals surface area contributed by atoms with Crippen LogP contribution in [0.3, 0.4) is 0 Å². The first-order valence-corrected chi connectivity index (χ1v) is 8.77. The van der Waals surface area contributed by atoms with E-state index in [1.165, 1.54) is 0 Å². The first-order valence-electron chi connectivity index (χ1n) is 8.77. The summed E-state index contributed by atoms with van der Waals surface area (Å²) in [6.07, 6.45) is 3.42. The van der Waals surface area contributed by atoms with Crippen molar-refractivity contribution in [1.29, 1.82) is 0 Å². The molecule has 0 aliphatic heterocycles. The minimum absolute atomic E-state index is 0.0873. The number of carboxylic acids is 1. The fraction of sp³-hybridized carbons (Fsp3) is 0.500. The Morgan fingerprint density at radius 3 is 2.46 bits per heavy atom. The summed E-state index contributed by atoms with van der Waals surface area (Å²) in [4.78, 5) is 22.6. The number of aliphatic hydroxyl groups is 1. The predicted molar refractivity (Wildman–Crippen MR) is 99.9 cm³/mol. The molecule has 1 rings (SSSR count). The highest BCUT2D eigenvalue weighted by Gasteiger charge is 2.23. The van der Waals surface area contributed by atoms with Crippen molar-refractivity contribution in [2.75, 3.05) is 0 Å². The van der Waals surface area contributed by atoms with E-state index in [1.807, 2.05) is 30.3 Å². The van der Waals surface area contributed by atoms with Crippen LogP contribution < -0.4 is 5.32 Å². The van der Waals surface area contributed by atoms with Gasteiger partial charge in [-0.05, 0) is 45.6 Å². The van der Waals surface area contributed by atoms with Crippen LogP contribution in [0.2, 0.25) is 0 Å².